The predicted molar refractivity (Wildman–Crippen MR) is 79.1 cm³/mol. The van der Waals surface area contributed by atoms with Crippen molar-refractivity contribution >= 4 is 11.8 Å². The van der Waals surface area contributed by atoms with Gasteiger partial charge >= 0.3 is 0 Å². The second-order valence-corrected chi connectivity index (χ2v) is 6.64. The number of hydrogen-bond acceptors (Lipinski definition) is 2. The van der Waals surface area contributed by atoms with Crippen molar-refractivity contribution in [2.75, 3.05) is 0 Å². The van der Waals surface area contributed by atoms with E-state index in [-0.39, 0.29) is 29.8 Å². The van der Waals surface area contributed by atoms with Crippen molar-refractivity contribution in [2.45, 2.75) is 77.9 Å². The normalized spacial score (nSPS) is 33.5. The van der Waals surface area contributed by atoms with Crippen molar-refractivity contribution in [1.29, 1.82) is 0 Å². The fraction of sp³-hybridized carbons (Fsp3) is 0.875. The molecular weight excluding hydrogens is 252 g/mol. The van der Waals surface area contributed by atoms with E-state index < -0.39 is 0 Å². The van der Waals surface area contributed by atoms with Crippen LogP contribution >= 0.6 is 0 Å². The molecule has 1 heterocycles. The van der Waals surface area contributed by atoms with Crippen molar-refractivity contribution in [3.05, 3.63) is 0 Å². The summed E-state index contributed by atoms with van der Waals surface area (Å²) in [5, 5.41) is 2.93. The van der Waals surface area contributed by atoms with E-state index in [2.05, 4.69) is 19.2 Å². The van der Waals surface area contributed by atoms with Gasteiger partial charge in [-0.3, -0.25) is 9.59 Å². The largest absolute Gasteiger partial charge is 0.342 e. The fourth-order valence-corrected chi connectivity index (χ4v) is 3.49. The lowest BCUT2D eigenvalue weighted by Crippen LogP contribution is -2.65. The first-order chi connectivity index (χ1) is 9.51. The van der Waals surface area contributed by atoms with Crippen LogP contribution in [0.25, 0.3) is 0 Å². The first-order valence-electron chi connectivity index (χ1n) is 8.13. The maximum Gasteiger partial charge on any atom is 0.246 e. The summed E-state index contributed by atoms with van der Waals surface area (Å²) in [4.78, 5) is 27.0. The van der Waals surface area contributed by atoms with Gasteiger partial charge in [0, 0.05) is 6.04 Å². The van der Waals surface area contributed by atoms with Gasteiger partial charge in [-0.15, -0.1) is 0 Å². The van der Waals surface area contributed by atoms with Crippen LogP contribution in [0.2, 0.25) is 0 Å². The monoisotopic (exact) mass is 280 g/mol. The Kier molecular flexibility index (Phi) is 4.71. The summed E-state index contributed by atoms with van der Waals surface area (Å²) in [6, 6.07) is -0.270. The molecule has 2 rings (SSSR count). The van der Waals surface area contributed by atoms with Crippen molar-refractivity contribution in [3.63, 3.8) is 0 Å². The lowest BCUT2D eigenvalue weighted by atomic mass is 9.95. The summed E-state index contributed by atoms with van der Waals surface area (Å²) in [6.07, 6.45) is 5.06. The maximum atomic E-state index is 12.7. The molecule has 0 aromatic rings. The highest BCUT2D eigenvalue weighted by Gasteiger charge is 2.52. The van der Waals surface area contributed by atoms with Gasteiger partial charge in [0.25, 0.3) is 0 Å². The average Bonchev–Trinajstić information content (AvgIpc) is 3.12. The van der Waals surface area contributed by atoms with Gasteiger partial charge in [-0.1, -0.05) is 40.5 Å². The number of amides is 2. The van der Waals surface area contributed by atoms with Crippen molar-refractivity contribution in [3.8, 4) is 0 Å². The molecular formula is C16H28N2O2. The van der Waals surface area contributed by atoms with E-state index in [1.165, 1.54) is 6.42 Å². The second-order valence-electron chi connectivity index (χ2n) is 6.64. The highest BCUT2D eigenvalue weighted by atomic mass is 16.2. The SMILES string of the molecule is CCCC1NC(=O)C(C(C)C)N(C2CC2CCC)C1=O. The van der Waals surface area contributed by atoms with Crippen LogP contribution in [0.15, 0.2) is 0 Å². The van der Waals surface area contributed by atoms with Crippen LogP contribution in [-0.2, 0) is 9.59 Å². The molecule has 4 nitrogen and oxygen atoms in total. The maximum absolute atomic E-state index is 12.7. The van der Waals surface area contributed by atoms with Gasteiger partial charge in [-0.25, -0.2) is 0 Å². The van der Waals surface area contributed by atoms with Gasteiger partial charge in [0.1, 0.15) is 12.1 Å². The third-order valence-electron chi connectivity index (χ3n) is 4.55. The van der Waals surface area contributed by atoms with E-state index in [9.17, 15) is 9.59 Å². The third kappa shape index (κ3) is 2.84. The minimum absolute atomic E-state index is 0.0419. The Morgan fingerprint density at radius 2 is 1.85 bits per heavy atom. The smallest absolute Gasteiger partial charge is 0.246 e. The van der Waals surface area contributed by atoms with Crippen molar-refractivity contribution in [2.24, 2.45) is 11.8 Å². The first-order valence-corrected chi connectivity index (χ1v) is 8.13. The van der Waals surface area contributed by atoms with Crippen LogP contribution in [0.3, 0.4) is 0 Å². The van der Waals surface area contributed by atoms with Gasteiger partial charge in [-0.05, 0) is 31.1 Å². The quantitative estimate of drug-likeness (QED) is 0.812. The predicted octanol–water partition coefficient (Wildman–Crippen LogP) is 2.33. The van der Waals surface area contributed by atoms with Gasteiger partial charge < -0.3 is 10.2 Å². The molecule has 2 fully saturated rings. The number of piperazine rings is 1. The standard InChI is InChI=1S/C16H28N2O2/c1-5-7-11-9-13(11)18-14(10(3)4)15(19)17-12(8-6-2)16(18)20/h10-14H,5-9H2,1-4H3,(H,17,19). The van der Waals surface area contributed by atoms with E-state index >= 15 is 0 Å². The lowest BCUT2D eigenvalue weighted by Gasteiger charge is -2.41. The number of carbonyl (C=O) groups is 2. The molecule has 1 aliphatic carbocycles. The molecule has 1 saturated heterocycles. The Morgan fingerprint density at radius 1 is 1.20 bits per heavy atom. The molecule has 114 valence electrons. The number of nitrogens with zero attached hydrogens (tertiary/aromatic N) is 1. The Labute approximate surface area is 122 Å². The Morgan fingerprint density at radius 3 is 2.40 bits per heavy atom. The molecule has 2 aliphatic rings. The van der Waals surface area contributed by atoms with Crippen LogP contribution in [0.1, 0.15) is 59.8 Å². The third-order valence-corrected chi connectivity index (χ3v) is 4.55. The van der Waals surface area contributed by atoms with Crippen LogP contribution in [0.4, 0.5) is 0 Å². The van der Waals surface area contributed by atoms with Gasteiger partial charge in [0.05, 0.1) is 0 Å². The molecule has 2 amide bonds. The molecule has 0 aromatic carbocycles. The number of rotatable bonds is 6. The van der Waals surface area contributed by atoms with E-state index in [1.807, 2.05) is 18.7 Å². The van der Waals surface area contributed by atoms with Gasteiger partial charge in [0.2, 0.25) is 11.8 Å². The molecule has 0 radical (unpaired) electrons. The van der Waals surface area contributed by atoms with E-state index in [0.717, 1.165) is 25.7 Å². The molecule has 1 saturated carbocycles. The van der Waals surface area contributed by atoms with Crippen LogP contribution < -0.4 is 5.32 Å². The molecule has 1 N–H and O–H groups in total. The molecule has 4 heteroatoms. The van der Waals surface area contributed by atoms with Crippen molar-refractivity contribution in [1.82, 2.24) is 10.2 Å². The number of nitrogens with one attached hydrogen (secondary N) is 1. The number of carbonyl (C=O) groups excluding carboxylic acids is 2. The second kappa shape index (κ2) is 6.15. The molecule has 0 bridgehead atoms. The zero-order valence-electron chi connectivity index (χ0n) is 13.2. The van der Waals surface area contributed by atoms with Gasteiger partial charge in [-0.2, -0.15) is 0 Å². The molecule has 20 heavy (non-hydrogen) atoms. The first kappa shape index (κ1) is 15.3. The Balaban J connectivity index is 2.17. The number of hydrogen-bond donors (Lipinski definition) is 1. The zero-order chi connectivity index (χ0) is 14.9. The highest BCUT2D eigenvalue weighted by molar-refractivity contribution is 5.97. The van der Waals surface area contributed by atoms with E-state index in [4.69, 9.17) is 0 Å². The average molecular weight is 280 g/mol. The summed E-state index contributed by atoms with van der Waals surface area (Å²) >= 11 is 0. The Hall–Kier alpha value is -1.06. The molecule has 0 spiro atoms. The molecule has 4 unspecified atom stereocenters. The van der Waals surface area contributed by atoms with E-state index in [0.29, 0.717) is 12.0 Å². The zero-order valence-corrected chi connectivity index (χ0v) is 13.2. The molecule has 0 aromatic heterocycles. The van der Waals surface area contributed by atoms with Crippen LogP contribution in [0, 0.1) is 11.8 Å². The summed E-state index contributed by atoms with van der Waals surface area (Å²) in [5.41, 5.74) is 0. The summed E-state index contributed by atoms with van der Waals surface area (Å²) in [6.45, 7) is 8.29. The Bertz CT molecular complexity index is 381. The van der Waals surface area contributed by atoms with Gasteiger partial charge in [0.15, 0.2) is 0 Å². The fourth-order valence-electron chi connectivity index (χ4n) is 3.49. The summed E-state index contributed by atoms with van der Waals surface area (Å²) < 4.78 is 0. The van der Waals surface area contributed by atoms with Crippen LogP contribution in [-0.4, -0.2) is 34.8 Å². The minimum Gasteiger partial charge on any atom is -0.342 e. The molecule has 1 aliphatic heterocycles. The van der Waals surface area contributed by atoms with Crippen molar-refractivity contribution < 1.29 is 9.59 Å². The summed E-state index contributed by atoms with van der Waals surface area (Å²) in [5.74, 6) is 0.969. The van der Waals surface area contributed by atoms with E-state index in [1.54, 1.807) is 0 Å². The topological polar surface area (TPSA) is 49.4 Å². The minimum atomic E-state index is -0.301. The van der Waals surface area contributed by atoms with Crippen LogP contribution in [0.5, 0.6) is 0 Å². The highest BCUT2D eigenvalue weighted by Crippen LogP contribution is 2.42. The molecule has 4 atom stereocenters. The summed E-state index contributed by atoms with van der Waals surface area (Å²) in [7, 11) is 0. The lowest BCUT2D eigenvalue weighted by molar-refractivity contribution is -0.152.